The van der Waals surface area contributed by atoms with Crippen molar-refractivity contribution in [2.45, 2.75) is 95.9 Å². The number of ether oxygens (including phenoxy) is 1. The average Bonchev–Trinajstić information content (AvgIpc) is 3.93. The Balaban J connectivity index is 1.42. The van der Waals surface area contributed by atoms with Crippen LogP contribution in [-0.4, -0.2) is 77.9 Å². The molecule has 0 aliphatic carbocycles. The van der Waals surface area contributed by atoms with Crippen molar-refractivity contribution in [1.29, 1.82) is 0 Å². The van der Waals surface area contributed by atoms with Gasteiger partial charge in [0.25, 0.3) is 11.8 Å². The number of hydrogen-bond acceptors (Lipinski definition) is 10. The van der Waals surface area contributed by atoms with Crippen molar-refractivity contribution in [2.24, 2.45) is 5.41 Å². The van der Waals surface area contributed by atoms with Gasteiger partial charge in [0, 0.05) is 47.4 Å². The molecule has 0 spiro atoms. The fraction of sp³-hybridized carbons (Fsp3) is 0.514. The highest BCUT2D eigenvalue weighted by atomic mass is 32.1. The minimum atomic E-state index is -4.92. The standard InChI is InChI=1S/C35H38F6N8O4S2/c1-4-7-24-33(53-21-16-25(55-19-21)35(39,40)41,11-6-13-49(24)29(50)27-22(34(36,37)38)8-5-12-42-27)31(52)48-14-9-20-10-15-54-28(20)23(48)17-32(2,3)30(51)43-18-26-44-46-47-45-26/h5,8,10,12,15-16,19,23-24H,4,6-7,9,11,13-14,17-18H2,1-3H3,(H,43,51)(H,44,45,46,47)/t23?,24-,33-/m1/s1. The van der Waals surface area contributed by atoms with Crippen LogP contribution in [0.1, 0.15) is 96.1 Å². The molecule has 3 amide bonds. The van der Waals surface area contributed by atoms with Crippen LogP contribution in [0, 0.1) is 5.41 Å². The number of fused-ring (bicyclic) bond motifs is 1. The maximum Gasteiger partial charge on any atom is 0.425 e. The highest BCUT2D eigenvalue weighted by molar-refractivity contribution is 7.10. The van der Waals surface area contributed by atoms with Crippen LogP contribution in [-0.2, 0) is 34.9 Å². The Morgan fingerprint density at radius 1 is 1.07 bits per heavy atom. The zero-order chi connectivity index (χ0) is 39.8. The van der Waals surface area contributed by atoms with Gasteiger partial charge in [0.15, 0.2) is 5.82 Å². The maximum atomic E-state index is 15.5. The number of carbonyl (C=O) groups excluding carboxylic acids is 3. The van der Waals surface area contributed by atoms with E-state index in [0.717, 1.165) is 45.1 Å². The van der Waals surface area contributed by atoms with Crippen molar-refractivity contribution in [3.63, 3.8) is 0 Å². The number of rotatable bonds is 11. The third kappa shape index (κ3) is 8.20. The predicted octanol–water partition coefficient (Wildman–Crippen LogP) is 6.84. The van der Waals surface area contributed by atoms with Crippen LogP contribution in [0.25, 0.3) is 0 Å². The van der Waals surface area contributed by atoms with E-state index in [4.69, 9.17) is 4.74 Å². The van der Waals surface area contributed by atoms with Crippen molar-refractivity contribution in [3.8, 4) is 5.75 Å². The second-order valence-corrected chi connectivity index (χ2v) is 16.0. The topological polar surface area (TPSA) is 146 Å². The Kier molecular flexibility index (Phi) is 11.3. The van der Waals surface area contributed by atoms with E-state index in [1.54, 1.807) is 25.7 Å². The van der Waals surface area contributed by atoms with Gasteiger partial charge in [-0.2, -0.15) is 26.3 Å². The molecule has 296 valence electrons. The molecule has 4 aromatic heterocycles. The van der Waals surface area contributed by atoms with Gasteiger partial charge in [-0.1, -0.05) is 27.2 Å². The Morgan fingerprint density at radius 3 is 2.53 bits per heavy atom. The van der Waals surface area contributed by atoms with Gasteiger partial charge in [-0.05, 0) is 65.3 Å². The van der Waals surface area contributed by atoms with Gasteiger partial charge in [0.1, 0.15) is 16.3 Å². The van der Waals surface area contributed by atoms with Crippen molar-refractivity contribution in [1.82, 2.24) is 40.7 Å². The molecule has 0 bridgehead atoms. The van der Waals surface area contributed by atoms with Crippen LogP contribution in [0.3, 0.4) is 0 Å². The summed E-state index contributed by atoms with van der Waals surface area (Å²) in [5.74, 6) is -2.02. The van der Waals surface area contributed by atoms with E-state index in [1.807, 2.05) is 11.4 Å². The number of nitrogens with zero attached hydrogens (tertiary/aromatic N) is 6. The number of aromatic amines is 1. The summed E-state index contributed by atoms with van der Waals surface area (Å²) in [6.07, 6.45) is -7.61. The summed E-state index contributed by atoms with van der Waals surface area (Å²) in [7, 11) is 0. The van der Waals surface area contributed by atoms with Gasteiger partial charge in [0.2, 0.25) is 11.5 Å². The Bertz CT molecular complexity index is 2000. The first-order valence-electron chi connectivity index (χ1n) is 17.5. The van der Waals surface area contributed by atoms with Crippen LogP contribution in [0.4, 0.5) is 26.3 Å². The molecule has 2 aliphatic heterocycles. The molecule has 6 rings (SSSR count). The zero-order valence-corrected chi connectivity index (χ0v) is 31.6. The summed E-state index contributed by atoms with van der Waals surface area (Å²) in [5, 5.41) is 19.2. The molecule has 1 saturated heterocycles. The molecule has 1 unspecified atom stereocenters. The fourth-order valence-electron chi connectivity index (χ4n) is 7.38. The number of thiophene rings is 2. The highest BCUT2D eigenvalue weighted by Gasteiger charge is 2.57. The quantitative estimate of drug-likeness (QED) is 0.157. The molecule has 1 fully saturated rings. The molecule has 3 atom stereocenters. The van der Waals surface area contributed by atoms with Gasteiger partial charge < -0.3 is 19.9 Å². The van der Waals surface area contributed by atoms with E-state index in [9.17, 15) is 35.9 Å². The molecule has 2 aliphatic rings. The highest BCUT2D eigenvalue weighted by Crippen LogP contribution is 2.47. The minimum absolute atomic E-state index is 0.0131. The van der Waals surface area contributed by atoms with E-state index in [0.29, 0.717) is 30.0 Å². The Labute approximate surface area is 319 Å². The van der Waals surface area contributed by atoms with Crippen molar-refractivity contribution in [3.05, 3.63) is 73.6 Å². The second kappa shape index (κ2) is 15.5. The second-order valence-electron chi connectivity index (χ2n) is 14.1. The predicted molar refractivity (Wildman–Crippen MR) is 188 cm³/mol. The number of hydrogen-bond donors (Lipinski definition) is 2. The number of halogens is 6. The number of alkyl halides is 6. The molecule has 0 aromatic carbocycles. The Morgan fingerprint density at radius 2 is 1.85 bits per heavy atom. The van der Waals surface area contributed by atoms with Gasteiger partial charge >= 0.3 is 12.4 Å². The molecule has 20 heteroatoms. The first kappa shape index (κ1) is 40.1. The first-order valence-corrected chi connectivity index (χ1v) is 19.3. The fourth-order valence-corrected chi connectivity index (χ4v) is 9.13. The number of likely N-dealkylation sites (tertiary alicyclic amines) is 1. The lowest BCUT2D eigenvalue weighted by atomic mass is 9.77. The molecular formula is C35H38F6N8O4S2. The third-order valence-electron chi connectivity index (χ3n) is 9.98. The smallest absolute Gasteiger partial charge is 0.425 e. The molecule has 2 N–H and O–H groups in total. The summed E-state index contributed by atoms with van der Waals surface area (Å²) in [6.45, 7) is 5.29. The van der Waals surface area contributed by atoms with Crippen LogP contribution >= 0.6 is 22.7 Å². The lowest BCUT2D eigenvalue weighted by Gasteiger charge is -2.51. The van der Waals surface area contributed by atoms with Crippen molar-refractivity contribution in [2.75, 3.05) is 13.1 Å². The summed E-state index contributed by atoms with van der Waals surface area (Å²) < 4.78 is 90.4. The van der Waals surface area contributed by atoms with Crippen LogP contribution < -0.4 is 10.1 Å². The van der Waals surface area contributed by atoms with E-state index in [2.05, 4.69) is 30.9 Å². The number of piperidine rings is 1. The van der Waals surface area contributed by atoms with Crippen LogP contribution in [0.2, 0.25) is 0 Å². The molecular weight excluding hydrogens is 775 g/mol. The van der Waals surface area contributed by atoms with Gasteiger partial charge in [-0.15, -0.1) is 27.8 Å². The molecule has 0 saturated carbocycles. The van der Waals surface area contributed by atoms with Crippen LogP contribution in [0.5, 0.6) is 5.75 Å². The van der Waals surface area contributed by atoms with E-state index in [-0.39, 0.29) is 57.0 Å². The summed E-state index contributed by atoms with van der Waals surface area (Å²) in [5.41, 5.74) is -4.27. The lowest BCUT2D eigenvalue weighted by molar-refractivity contribution is -0.163. The number of amides is 3. The first-order chi connectivity index (χ1) is 26.0. The number of H-pyrrole nitrogens is 1. The van der Waals surface area contributed by atoms with Gasteiger partial charge in [-0.25, -0.2) is 5.10 Å². The maximum absolute atomic E-state index is 15.5. The normalized spacial score (nSPS) is 20.6. The van der Waals surface area contributed by atoms with Gasteiger partial charge in [0.05, 0.1) is 24.2 Å². The SMILES string of the molecule is CCC[C@H]1N(C(=O)c2ncccc2C(F)(F)F)CCC[C@]1(Oc1csc(C(F)(F)F)c1)C(=O)N1CCc2ccsc2C1CC(C)(C)C(=O)NCc1nnn[nH]1. The number of tetrazole rings is 1. The van der Waals surface area contributed by atoms with E-state index < -0.39 is 63.4 Å². The van der Waals surface area contributed by atoms with Gasteiger partial charge in [-0.3, -0.25) is 19.4 Å². The number of pyridine rings is 1. The molecule has 55 heavy (non-hydrogen) atoms. The largest absolute Gasteiger partial charge is 0.474 e. The molecule has 6 heterocycles. The van der Waals surface area contributed by atoms with Crippen molar-refractivity contribution >= 4 is 40.4 Å². The summed E-state index contributed by atoms with van der Waals surface area (Å²) >= 11 is 1.76. The monoisotopic (exact) mass is 812 g/mol. The number of nitrogens with one attached hydrogen (secondary N) is 2. The molecule has 0 radical (unpaired) electrons. The number of carbonyl (C=O) groups is 3. The molecule has 12 nitrogen and oxygen atoms in total. The van der Waals surface area contributed by atoms with Crippen molar-refractivity contribution < 1.29 is 45.5 Å². The van der Waals surface area contributed by atoms with E-state index >= 15 is 4.79 Å². The van der Waals surface area contributed by atoms with Crippen LogP contribution in [0.15, 0.2) is 41.2 Å². The Hall–Kier alpha value is -4.59. The summed E-state index contributed by atoms with van der Waals surface area (Å²) in [6, 6.07) is 2.61. The summed E-state index contributed by atoms with van der Waals surface area (Å²) in [4.78, 5) is 49.7. The third-order valence-corrected chi connectivity index (χ3v) is 12.0. The number of aromatic nitrogens is 5. The van der Waals surface area contributed by atoms with E-state index in [1.165, 1.54) is 11.3 Å². The lowest BCUT2D eigenvalue weighted by Crippen LogP contribution is -2.68. The molecule has 4 aromatic rings. The minimum Gasteiger partial charge on any atom is -0.474 e. The average molecular weight is 813 g/mol. The zero-order valence-electron chi connectivity index (χ0n) is 30.0.